The minimum atomic E-state index is -0.627. The van der Waals surface area contributed by atoms with Gasteiger partial charge < -0.3 is 9.84 Å². The molecule has 0 aliphatic heterocycles. The smallest absolute Gasteiger partial charge is 0.143 e. The van der Waals surface area contributed by atoms with Crippen LogP contribution in [0.25, 0.3) is 0 Å². The van der Waals surface area contributed by atoms with Gasteiger partial charge in [0.1, 0.15) is 5.60 Å². The lowest BCUT2D eigenvalue weighted by atomic mass is 9.80. The van der Waals surface area contributed by atoms with Crippen LogP contribution in [-0.4, -0.2) is 17.8 Å². The highest BCUT2D eigenvalue weighted by molar-refractivity contribution is 5.47. The van der Waals surface area contributed by atoms with E-state index in [1.807, 2.05) is 0 Å². The molecule has 1 aliphatic carbocycles. The van der Waals surface area contributed by atoms with Crippen LogP contribution in [0.15, 0.2) is 91.0 Å². The molecule has 4 rings (SSSR count). The molecule has 1 saturated carbocycles. The van der Waals surface area contributed by atoms with Gasteiger partial charge in [0.15, 0.2) is 0 Å². The van der Waals surface area contributed by atoms with Crippen LogP contribution in [0, 0.1) is 5.92 Å². The molecule has 0 unspecified atom stereocenters. The fourth-order valence-corrected chi connectivity index (χ4v) is 4.58. The molecule has 1 N–H and O–H groups in total. The second kappa shape index (κ2) is 9.39. The second-order valence-corrected chi connectivity index (χ2v) is 8.09. The fourth-order valence-electron chi connectivity index (χ4n) is 4.58. The molecule has 3 aromatic carbocycles. The van der Waals surface area contributed by atoms with Crippen molar-refractivity contribution in [2.45, 2.75) is 43.8 Å². The van der Waals surface area contributed by atoms with Gasteiger partial charge in [-0.1, -0.05) is 91.0 Å². The van der Waals surface area contributed by atoms with E-state index in [1.54, 1.807) is 0 Å². The largest absolute Gasteiger partial charge is 0.393 e. The van der Waals surface area contributed by atoms with Crippen LogP contribution in [0.2, 0.25) is 0 Å². The molecule has 2 heteroatoms. The van der Waals surface area contributed by atoms with Gasteiger partial charge in [-0.3, -0.25) is 0 Å². The van der Waals surface area contributed by atoms with Crippen LogP contribution in [-0.2, 0) is 10.3 Å². The van der Waals surface area contributed by atoms with Gasteiger partial charge in [0.2, 0.25) is 0 Å². The van der Waals surface area contributed by atoms with Crippen molar-refractivity contribution in [3.05, 3.63) is 108 Å². The van der Waals surface area contributed by atoms with E-state index in [9.17, 15) is 5.11 Å². The maximum absolute atomic E-state index is 9.80. The highest BCUT2D eigenvalue weighted by Crippen LogP contribution is 2.41. The summed E-state index contributed by atoms with van der Waals surface area (Å²) in [7, 11) is 0. The van der Waals surface area contributed by atoms with Crippen LogP contribution >= 0.6 is 0 Å². The van der Waals surface area contributed by atoms with E-state index < -0.39 is 5.60 Å². The zero-order valence-corrected chi connectivity index (χ0v) is 16.9. The molecule has 0 heterocycles. The lowest BCUT2D eigenvalue weighted by molar-refractivity contribution is 0.0000469. The Hall–Kier alpha value is -2.42. The predicted molar refractivity (Wildman–Crippen MR) is 118 cm³/mol. The summed E-state index contributed by atoms with van der Waals surface area (Å²) in [6.07, 6.45) is 4.96. The van der Waals surface area contributed by atoms with E-state index in [-0.39, 0.29) is 6.10 Å². The number of aliphatic hydroxyl groups is 1. The van der Waals surface area contributed by atoms with Crippen molar-refractivity contribution in [1.82, 2.24) is 0 Å². The molecule has 3 aromatic rings. The molecule has 0 atom stereocenters. The van der Waals surface area contributed by atoms with Gasteiger partial charge in [-0.05, 0) is 54.7 Å². The van der Waals surface area contributed by atoms with E-state index in [1.165, 1.54) is 0 Å². The summed E-state index contributed by atoms with van der Waals surface area (Å²) in [5, 5.41) is 9.80. The monoisotopic (exact) mass is 386 g/mol. The first-order valence-electron chi connectivity index (χ1n) is 10.8. The van der Waals surface area contributed by atoms with Crippen LogP contribution in [0.4, 0.5) is 0 Å². The topological polar surface area (TPSA) is 29.5 Å². The molecule has 0 radical (unpaired) electrons. The number of hydrogen-bond donors (Lipinski definition) is 1. The SMILES string of the molecule is OC1CCC(CCOC(c2ccccc2)(c2ccccc2)c2ccccc2)CC1. The minimum absolute atomic E-state index is 0.107. The molecule has 150 valence electrons. The Balaban J connectivity index is 1.68. The van der Waals surface area contributed by atoms with Gasteiger partial charge in [0.25, 0.3) is 0 Å². The average Bonchev–Trinajstić information content (AvgIpc) is 2.80. The van der Waals surface area contributed by atoms with Gasteiger partial charge in [-0.25, -0.2) is 0 Å². The van der Waals surface area contributed by atoms with E-state index in [0.717, 1.165) is 48.8 Å². The van der Waals surface area contributed by atoms with Crippen LogP contribution < -0.4 is 0 Å². The molecule has 1 fully saturated rings. The summed E-state index contributed by atoms with van der Waals surface area (Å²) in [6.45, 7) is 0.694. The van der Waals surface area contributed by atoms with Crippen molar-refractivity contribution in [2.75, 3.05) is 6.61 Å². The van der Waals surface area contributed by atoms with Crippen molar-refractivity contribution in [3.8, 4) is 0 Å². The van der Waals surface area contributed by atoms with E-state index >= 15 is 0 Å². The van der Waals surface area contributed by atoms with E-state index in [0.29, 0.717) is 12.5 Å². The van der Waals surface area contributed by atoms with Gasteiger partial charge >= 0.3 is 0 Å². The fraction of sp³-hybridized carbons (Fsp3) is 0.333. The molecule has 0 bridgehead atoms. The van der Waals surface area contributed by atoms with Gasteiger partial charge in [0.05, 0.1) is 6.10 Å². The van der Waals surface area contributed by atoms with Crippen molar-refractivity contribution in [1.29, 1.82) is 0 Å². The standard InChI is InChI=1S/C27H30O2/c28-26-18-16-22(17-19-26)20-21-29-27(23-10-4-1-5-11-23,24-12-6-2-7-13-24)25-14-8-3-9-15-25/h1-15,22,26,28H,16-21H2. The number of benzene rings is 3. The minimum Gasteiger partial charge on any atom is -0.393 e. The second-order valence-electron chi connectivity index (χ2n) is 8.09. The zero-order valence-electron chi connectivity index (χ0n) is 16.9. The van der Waals surface area contributed by atoms with Gasteiger partial charge in [0, 0.05) is 6.61 Å². The molecule has 29 heavy (non-hydrogen) atoms. The van der Waals surface area contributed by atoms with Gasteiger partial charge in [-0.15, -0.1) is 0 Å². The number of rotatable bonds is 7. The Kier molecular flexibility index (Phi) is 6.43. The summed E-state index contributed by atoms with van der Waals surface area (Å²) >= 11 is 0. The molecule has 2 nitrogen and oxygen atoms in total. The molecular weight excluding hydrogens is 356 g/mol. The zero-order chi connectivity index (χ0) is 19.9. The summed E-state index contributed by atoms with van der Waals surface area (Å²) in [5.74, 6) is 0.637. The Morgan fingerprint density at radius 3 is 1.48 bits per heavy atom. The van der Waals surface area contributed by atoms with Crippen LogP contribution in [0.5, 0.6) is 0 Å². The first-order chi connectivity index (χ1) is 14.3. The third-order valence-corrected chi connectivity index (χ3v) is 6.20. The molecule has 0 saturated heterocycles. The number of hydrogen-bond acceptors (Lipinski definition) is 2. The first kappa shape index (κ1) is 19.9. The third-order valence-electron chi connectivity index (χ3n) is 6.20. The van der Waals surface area contributed by atoms with Crippen molar-refractivity contribution in [2.24, 2.45) is 5.92 Å². The lowest BCUT2D eigenvalue weighted by Crippen LogP contribution is -2.34. The van der Waals surface area contributed by atoms with E-state index in [4.69, 9.17) is 4.74 Å². The molecule has 1 aliphatic rings. The van der Waals surface area contributed by atoms with Crippen LogP contribution in [0.1, 0.15) is 48.8 Å². The highest BCUT2D eigenvalue weighted by atomic mass is 16.5. The lowest BCUT2D eigenvalue weighted by Gasteiger charge is -2.36. The Morgan fingerprint density at radius 1 is 0.655 bits per heavy atom. The summed E-state index contributed by atoms with van der Waals surface area (Å²) in [5.41, 5.74) is 2.82. The Bertz CT molecular complexity index is 756. The molecule has 0 amide bonds. The number of ether oxygens (including phenoxy) is 1. The average molecular weight is 387 g/mol. The summed E-state index contributed by atoms with van der Waals surface area (Å²) in [4.78, 5) is 0. The number of aliphatic hydroxyl groups excluding tert-OH is 1. The van der Waals surface area contributed by atoms with E-state index in [2.05, 4.69) is 91.0 Å². The van der Waals surface area contributed by atoms with Crippen LogP contribution in [0.3, 0.4) is 0 Å². The molecule has 0 aromatic heterocycles. The third kappa shape index (κ3) is 4.44. The van der Waals surface area contributed by atoms with Gasteiger partial charge in [-0.2, -0.15) is 0 Å². The quantitative estimate of drug-likeness (QED) is 0.510. The molecular formula is C27H30O2. The van der Waals surface area contributed by atoms with Crippen molar-refractivity contribution < 1.29 is 9.84 Å². The maximum Gasteiger partial charge on any atom is 0.143 e. The maximum atomic E-state index is 9.80. The first-order valence-corrected chi connectivity index (χ1v) is 10.8. The normalized spacial score (nSPS) is 19.8. The predicted octanol–water partition coefficient (Wildman–Crippen LogP) is 5.94. The van der Waals surface area contributed by atoms with Crippen molar-refractivity contribution >= 4 is 0 Å². The highest BCUT2D eigenvalue weighted by Gasteiger charge is 2.37. The summed E-state index contributed by atoms with van der Waals surface area (Å²) in [6, 6.07) is 31.7. The Morgan fingerprint density at radius 2 is 1.07 bits per heavy atom. The Labute approximate surface area is 174 Å². The van der Waals surface area contributed by atoms with Crippen molar-refractivity contribution in [3.63, 3.8) is 0 Å². The summed E-state index contributed by atoms with van der Waals surface area (Å²) < 4.78 is 6.86. The molecule has 0 spiro atoms.